The predicted molar refractivity (Wildman–Crippen MR) is 129 cm³/mol. The number of aryl methyl sites for hydroxylation is 1. The van der Waals surface area contributed by atoms with E-state index in [0.29, 0.717) is 36.6 Å². The van der Waals surface area contributed by atoms with E-state index in [4.69, 9.17) is 0 Å². The second kappa shape index (κ2) is 9.05. The molecular formula is C25H28N6O2. The Hall–Kier alpha value is -3.68. The summed E-state index contributed by atoms with van der Waals surface area (Å²) in [6.07, 6.45) is 6.11. The van der Waals surface area contributed by atoms with Gasteiger partial charge in [0.15, 0.2) is 11.5 Å². The van der Waals surface area contributed by atoms with Gasteiger partial charge in [0.05, 0.1) is 5.92 Å². The van der Waals surface area contributed by atoms with Crippen LogP contribution in [0.1, 0.15) is 25.3 Å². The molecule has 4 aromatic rings. The topological polar surface area (TPSA) is 95.9 Å². The first-order valence-electron chi connectivity index (χ1n) is 11.6. The molecule has 33 heavy (non-hydrogen) atoms. The van der Waals surface area contributed by atoms with Crippen molar-refractivity contribution in [1.29, 1.82) is 0 Å². The van der Waals surface area contributed by atoms with Gasteiger partial charge in [-0.3, -0.25) is 14.2 Å². The fraction of sp³-hybridized carbons (Fsp3) is 0.360. The number of aromatic nitrogens is 4. The lowest BCUT2D eigenvalue weighted by Gasteiger charge is -2.32. The van der Waals surface area contributed by atoms with Crippen molar-refractivity contribution in [3.8, 4) is 0 Å². The molecule has 4 heterocycles. The van der Waals surface area contributed by atoms with Gasteiger partial charge in [0.1, 0.15) is 5.52 Å². The van der Waals surface area contributed by atoms with Crippen molar-refractivity contribution < 1.29 is 4.79 Å². The number of nitrogens with zero attached hydrogens (tertiary/aromatic N) is 4. The fourth-order valence-corrected chi connectivity index (χ4v) is 4.75. The van der Waals surface area contributed by atoms with Crippen LogP contribution < -0.4 is 15.8 Å². The zero-order valence-electron chi connectivity index (χ0n) is 18.8. The number of hydrogen-bond acceptors (Lipinski definition) is 5. The highest BCUT2D eigenvalue weighted by Crippen LogP contribution is 2.22. The molecule has 0 radical (unpaired) electrons. The molecule has 3 aromatic heterocycles. The molecule has 1 atom stereocenters. The number of pyridine rings is 1. The zero-order valence-corrected chi connectivity index (χ0v) is 18.8. The van der Waals surface area contributed by atoms with Gasteiger partial charge >= 0.3 is 0 Å². The molecule has 1 fully saturated rings. The van der Waals surface area contributed by atoms with E-state index in [1.54, 1.807) is 10.8 Å². The van der Waals surface area contributed by atoms with Crippen LogP contribution in [0.4, 0.5) is 5.82 Å². The average molecular weight is 445 g/mol. The first-order chi connectivity index (χ1) is 16.2. The van der Waals surface area contributed by atoms with Crippen LogP contribution in [-0.4, -0.2) is 45.1 Å². The maximum Gasteiger partial charge on any atom is 0.295 e. The van der Waals surface area contributed by atoms with Gasteiger partial charge in [-0.1, -0.05) is 18.2 Å². The van der Waals surface area contributed by atoms with Crippen molar-refractivity contribution in [2.75, 3.05) is 24.5 Å². The van der Waals surface area contributed by atoms with Crippen LogP contribution in [0, 0.1) is 5.92 Å². The second-order valence-electron chi connectivity index (χ2n) is 8.52. The van der Waals surface area contributed by atoms with Crippen molar-refractivity contribution in [3.63, 3.8) is 0 Å². The summed E-state index contributed by atoms with van der Waals surface area (Å²) in [4.78, 5) is 40.2. The number of carbonyl (C=O) groups is 1. The molecule has 1 aliphatic heterocycles. The summed E-state index contributed by atoms with van der Waals surface area (Å²) in [5, 5.41) is 4.30. The summed E-state index contributed by atoms with van der Waals surface area (Å²) in [5.74, 6) is 0.286. The molecule has 0 aliphatic carbocycles. The van der Waals surface area contributed by atoms with Crippen LogP contribution in [0.25, 0.3) is 22.1 Å². The van der Waals surface area contributed by atoms with Gasteiger partial charge in [0, 0.05) is 49.5 Å². The van der Waals surface area contributed by atoms with Crippen molar-refractivity contribution >= 4 is 33.8 Å². The third-order valence-corrected chi connectivity index (χ3v) is 6.46. The molecule has 5 rings (SSSR count). The van der Waals surface area contributed by atoms with Gasteiger partial charge in [-0.15, -0.1) is 0 Å². The molecule has 1 aliphatic rings. The molecule has 0 bridgehead atoms. The van der Waals surface area contributed by atoms with Gasteiger partial charge in [0.25, 0.3) is 5.56 Å². The Labute approximate surface area is 191 Å². The summed E-state index contributed by atoms with van der Waals surface area (Å²) < 4.78 is 1.66. The molecule has 1 aromatic carbocycles. The van der Waals surface area contributed by atoms with E-state index >= 15 is 0 Å². The van der Waals surface area contributed by atoms with E-state index in [-0.39, 0.29) is 17.4 Å². The monoisotopic (exact) mass is 444 g/mol. The SMILES string of the molecule is CCn1c(=O)c(N2CCC[C@H](C(=O)NCCc3c[nH]c4ccccc34)C2)nc2cccnc21. The maximum absolute atomic E-state index is 13.1. The third kappa shape index (κ3) is 4.08. The average Bonchev–Trinajstić information content (AvgIpc) is 3.27. The number of fused-ring (bicyclic) bond motifs is 2. The van der Waals surface area contributed by atoms with Crippen LogP contribution in [0.2, 0.25) is 0 Å². The van der Waals surface area contributed by atoms with E-state index in [0.717, 1.165) is 31.3 Å². The lowest BCUT2D eigenvalue weighted by molar-refractivity contribution is -0.125. The number of amides is 1. The first kappa shape index (κ1) is 21.2. The Morgan fingerprint density at radius 1 is 1.24 bits per heavy atom. The van der Waals surface area contributed by atoms with Gasteiger partial charge in [-0.05, 0) is 49.9 Å². The molecule has 8 nitrogen and oxygen atoms in total. The standard InChI is InChI=1S/C25H28N6O2/c1-2-31-22-21(10-5-12-26-22)29-23(25(31)33)30-14-6-7-18(16-30)24(32)27-13-11-17-15-28-20-9-4-3-8-19(17)20/h3-5,8-10,12,15,18,28H,2,6-7,11,13-14,16H2,1H3,(H,27,32)/t18-/m0/s1. The minimum atomic E-state index is -0.164. The van der Waals surface area contributed by atoms with Gasteiger partial charge in [-0.2, -0.15) is 0 Å². The number of carbonyl (C=O) groups excluding carboxylic acids is 1. The largest absolute Gasteiger partial charge is 0.361 e. The third-order valence-electron chi connectivity index (χ3n) is 6.46. The lowest BCUT2D eigenvalue weighted by atomic mass is 9.97. The number of rotatable bonds is 6. The summed E-state index contributed by atoms with van der Waals surface area (Å²) in [6, 6.07) is 11.9. The maximum atomic E-state index is 13.1. The Kier molecular flexibility index (Phi) is 5.81. The molecule has 1 amide bonds. The van der Waals surface area contributed by atoms with E-state index < -0.39 is 0 Å². The number of piperidine rings is 1. The molecule has 1 saturated heterocycles. The number of hydrogen-bond donors (Lipinski definition) is 2. The van der Waals surface area contributed by atoms with Gasteiger partial charge < -0.3 is 15.2 Å². The smallest absolute Gasteiger partial charge is 0.295 e. The van der Waals surface area contributed by atoms with Crippen molar-refractivity contribution in [3.05, 3.63) is 64.7 Å². The Morgan fingerprint density at radius 2 is 2.12 bits per heavy atom. The first-order valence-corrected chi connectivity index (χ1v) is 11.6. The minimum absolute atomic E-state index is 0.0396. The Morgan fingerprint density at radius 3 is 3.00 bits per heavy atom. The van der Waals surface area contributed by atoms with E-state index in [1.807, 2.05) is 42.3 Å². The normalized spacial score (nSPS) is 16.4. The summed E-state index contributed by atoms with van der Waals surface area (Å²) in [6.45, 7) is 4.25. The van der Waals surface area contributed by atoms with Crippen molar-refractivity contribution in [1.82, 2.24) is 24.8 Å². The number of aromatic amines is 1. The van der Waals surface area contributed by atoms with Crippen LogP contribution in [0.5, 0.6) is 0 Å². The Balaban J connectivity index is 1.27. The van der Waals surface area contributed by atoms with E-state index in [2.05, 4.69) is 32.4 Å². The molecule has 2 N–H and O–H groups in total. The van der Waals surface area contributed by atoms with Gasteiger partial charge in [-0.25, -0.2) is 9.97 Å². The van der Waals surface area contributed by atoms with E-state index in [1.165, 1.54) is 10.9 Å². The lowest BCUT2D eigenvalue weighted by Crippen LogP contribution is -2.46. The minimum Gasteiger partial charge on any atom is -0.361 e. The van der Waals surface area contributed by atoms with Crippen LogP contribution in [0.3, 0.4) is 0 Å². The molecule has 0 saturated carbocycles. The van der Waals surface area contributed by atoms with Gasteiger partial charge in [0.2, 0.25) is 5.91 Å². The quantitative estimate of drug-likeness (QED) is 0.477. The Bertz CT molecular complexity index is 1360. The molecule has 8 heteroatoms. The van der Waals surface area contributed by atoms with Crippen molar-refractivity contribution in [2.24, 2.45) is 5.92 Å². The predicted octanol–water partition coefficient (Wildman–Crippen LogP) is 2.87. The summed E-state index contributed by atoms with van der Waals surface area (Å²) in [7, 11) is 0. The summed E-state index contributed by atoms with van der Waals surface area (Å²) in [5.41, 5.74) is 3.45. The zero-order chi connectivity index (χ0) is 22.8. The van der Waals surface area contributed by atoms with Crippen LogP contribution in [0.15, 0.2) is 53.6 Å². The number of H-pyrrole nitrogens is 1. The number of anilines is 1. The number of benzene rings is 1. The highest BCUT2D eigenvalue weighted by Gasteiger charge is 2.28. The van der Waals surface area contributed by atoms with Crippen molar-refractivity contribution in [2.45, 2.75) is 32.7 Å². The van der Waals surface area contributed by atoms with Crippen LogP contribution in [-0.2, 0) is 17.8 Å². The molecule has 0 unspecified atom stereocenters. The second-order valence-corrected chi connectivity index (χ2v) is 8.52. The molecular weight excluding hydrogens is 416 g/mol. The van der Waals surface area contributed by atoms with E-state index in [9.17, 15) is 9.59 Å². The van der Waals surface area contributed by atoms with Crippen LogP contribution >= 0.6 is 0 Å². The number of nitrogens with one attached hydrogen (secondary N) is 2. The number of para-hydroxylation sites is 1. The molecule has 170 valence electrons. The highest BCUT2D eigenvalue weighted by molar-refractivity contribution is 5.83. The fourth-order valence-electron chi connectivity index (χ4n) is 4.75. The summed E-state index contributed by atoms with van der Waals surface area (Å²) >= 11 is 0. The molecule has 0 spiro atoms. The highest BCUT2D eigenvalue weighted by atomic mass is 16.2.